The highest BCUT2D eigenvalue weighted by Crippen LogP contribution is 2.21. The van der Waals surface area contributed by atoms with Crippen molar-refractivity contribution in [2.75, 3.05) is 5.75 Å². The number of aromatic nitrogens is 2. The lowest BCUT2D eigenvalue weighted by atomic mass is 10.1. The molecule has 2 aromatic rings. The molecule has 0 N–H and O–H groups in total. The summed E-state index contributed by atoms with van der Waals surface area (Å²) in [6.07, 6.45) is 0.517. The molecule has 2 rings (SSSR count). The molecule has 0 saturated heterocycles. The van der Waals surface area contributed by atoms with Gasteiger partial charge in [0, 0.05) is 23.4 Å². The zero-order valence-corrected chi connectivity index (χ0v) is 10.9. The molecule has 0 unspecified atom stereocenters. The van der Waals surface area contributed by atoms with E-state index in [1.54, 1.807) is 0 Å². The van der Waals surface area contributed by atoms with E-state index in [9.17, 15) is 0 Å². The molecule has 1 aromatic heterocycles. The van der Waals surface area contributed by atoms with Crippen LogP contribution in [0.2, 0.25) is 0 Å². The summed E-state index contributed by atoms with van der Waals surface area (Å²) in [5.41, 5.74) is 2.97. The van der Waals surface area contributed by atoms with Crippen LogP contribution in [-0.2, 0) is 0 Å². The Morgan fingerprint density at radius 1 is 1.22 bits per heavy atom. The molecule has 4 heteroatoms. The molecule has 0 spiro atoms. The maximum absolute atomic E-state index is 8.53. The molecule has 0 fully saturated rings. The third-order valence-corrected chi connectivity index (χ3v) is 3.20. The second-order valence-corrected chi connectivity index (χ2v) is 4.86. The molecule has 0 bridgehead atoms. The van der Waals surface area contributed by atoms with Crippen molar-refractivity contribution in [2.24, 2.45) is 0 Å². The average molecular weight is 255 g/mol. The zero-order chi connectivity index (χ0) is 12.8. The van der Waals surface area contributed by atoms with Gasteiger partial charge in [0.25, 0.3) is 0 Å². The van der Waals surface area contributed by atoms with Gasteiger partial charge < -0.3 is 0 Å². The van der Waals surface area contributed by atoms with Crippen molar-refractivity contribution in [3.63, 3.8) is 0 Å². The molecule has 0 aliphatic carbocycles. The summed E-state index contributed by atoms with van der Waals surface area (Å²) in [6.45, 7) is 1.96. The van der Waals surface area contributed by atoms with Crippen molar-refractivity contribution in [3.8, 4) is 17.3 Å². The molecule has 0 radical (unpaired) electrons. The lowest BCUT2D eigenvalue weighted by Gasteiger charge is -2.05. The fourth-order valence-electron chi connectivity index (χ4n) is 1.55. The van der Waals surface area contributed by atoms with Crippen LogP contribution in [0.25, 0.3) is 11.3 Å². The van der Waals surface area contributed by atoms with Gasteiger partial charge in [0.2, 0.25) is 0 Å². The molecule has 3 nitrogen and oxygen atoms in total. The first-order valence-corrected chi connectivity index (χ1v) is 6.69. The highest BCUT2D eigenvalue weighted by atomic mass is 32.2. The first-order chi connectivity index (χ1) is 8.79. The maximum Gasteiger partial charge on any atom is 0.188 e. The van der Waals surface area contributed by atoms with Crippen LogP contribution in [-0.4, -0.2) is 15.7 Å². The van der Waals surface area contributed by atoms with E-state index >= 15 is 0 Å². The third-order valence-electron chi connectivity index (χ3n) is 2.35. The molecule has 18 heavy (non-hydrogen) atoms. The van der Waals surface area contributed by atoms with E-state index in [-0.39, 0.29) is 0 Å². The standard InChI is InChI=1S/C14H13N3S/c1-11-10-13(12-6-3-2-4-7-12)17-14(16-11)18-9-5-8-15/h2-4,6-7,10H,5,9H2,1H3. The number of hydrogen-bond acceptors (Lipinski definition) is 4. The Labute approximate surface area is 111 Å². The second-order valence-electron chi connectivity index (χ2n) is 3.80. The summed E-state index contributed by atoms with van der Waals surface area (Å²) < 4.78 is 0. The topological polar surface area (TPSA) is 49.6 Å². The Balaban J connectivity index is 2.25. The SMILES string of the molecule is Cc1cc(-c2ccccc2)nc(SCCC#N)n1. The van der Waals surface area contributed by atoms with Gasteiger partial charge in [-0.3, -0.25) is 0 Å². The Bertz CT molecular complexity index is 561. The van der Waals surface area contributed by atoms with Gasteiger partial charge in [0.1, 0.15) is 0 Å². The zero-order valence-electron chi connectivity index (χ0n) is 10.1. The number of hydrogen-bond donors (Lipinski definition) is 0. The molecule has 0 aliphatic rings. The summed E-state index contributed by atoms with van der Waals surface area (Å²) in [6, 6.07) is 14.1. The van der Waals surface area contributed by atoms with Gasteiger partial charge in [-0.25, -0.2) is 9.97 Å². The number of thioether (sulfide) groups is 1. The summed E-state index contributed by atoms with van der Waals surface area (Å²) in [5.74, 6) is 0.730. The van der Waals surface area contributed by atoms with Crippen LogP contribution in [0.3, 0.4) is 0 Å². The monoisotopic (exact) mass is 255 g/mol. The summed E-state index contributed by atoms with van der Waals surface area (Å²) in [4.78, 5) is 8.89. The van der Waals surface area contributed by atoms with Gasteiger partial charge >= 0.3 is 0 Å². The van der Waals surface area contributed by atoms with Gasteiger partial charge in [0.05, 0.1) is 11.8 Å². The van der Waals surface area contributed by atoms with E-state index in [1.807, 2.05) is 43.3 Å². The van der Waals surface area contributed by atoms with Crippen LogP contribution in [0, 0.1) is 18.3 Å². The van der Waals surface area contributed by atoms with E-state index in [0.29, 0.717) is 6.42 Å². The predicted molar refractivity (Wildman–Crippen MR) is 73.2 cm³/mol. The number of nitrogens with zero attached hydrogens (tertiary/aromatic N) is 3. The van der Waals surface area contributed by atoms with E-state index in [2.05, 4.69) is 16.0 Å². The first kappa shape index (κ1) is 12.6. The van der Waals surface area contributed by atoms with E-state index in [0.717, 1.165) is 27.9 Å². The molecule has 0 aliphatic heterocycles. The molecular weight excluding hydrogens is 242 g/mol. The molecule has 0 atom stereocenters. The lowest BCUT2D eigenvalue weighted by molar-refractivity contribution is 0.937. The van der Waals surface area contributed by atoms with E-state index in [1.165, 1.54) is 11.8 Å². The van der Waals surface area contributed by atoms with Crippen LogP contribution in [0.15, 0.2) is 41.6 Å². The van der Waals surface area contributed by atoms with Gasteiger partial charge in [-0.15, -0.1) is 0 Å². The Morgan fingerprint density at radius 3 is 2.72 bits per heavy atom. The molecular formula is C14H13N3S. The lowest BCUT2D eigenvalue weighted by Crippen LogP contribution is -1.94. The van der Waals surface area contributed by atoms with Crippen molar-refractivity contribution in [2.45, 2.75) is 18.5 Å². The Hall–Kier alpha value is -1.86. The minimum atomic E-state index is 0.517. The molecule has 1 aromatic carbocycles. The number of benzene rings is 1. The first-order valence-electron chi connectivity index (χ1n) is 5.70. The largest absolute Gasteiger partial charge is 0.228 e. The van der Waals surface area contributed by atoms with Gasteiger partial charge in [-0.1, -0.05) is 42.1 Å². The van der Waals surface area contributed by atoms with E-state index in [4.69, 9.17) is 5.26 Å². The highest BCUT2D eigenvalue weighted by molar-refractivity contribution is 7.99. The van der Waals surface area contributed by atoms with Crippen molar-refractivity contribution in [3.05, 3.63) is 42.1 Å². The maximum atomic E-state index is 8.53. The minimum Gasteiger partial charge on any atom is -0.228 e. The fourth-order valence-corrected chi connectivity index (χ4v) is 2.30. The van der Waals surface area contributed by atoms with Crippen LogP contribution in [0.1, 0.15) is 12.1 Å². The van der Waals surface area contributed by atoms with Crippen molar-refractivity contribution < 1.29 is 0 Å². The predicted octanol–water partition coefficient (Wildman–Crippen LogP) is 3.46. The molecule has 90 valence electrons. The van der Waals surface area contributed by atoms with Crippen molar-refractivity contribution in [1.82, 2.24) is 9.97 Å². The summed E-state index contributed by atoms with van der Waals surface area (Å²) >= 11 is 1.52. The Morgan fingerprint density at radius 2 is 2.00 bits per heavy atom. The summed E-state index contributed by atoms with van der Waals surface area (Å²) in [7, 11) is 0. The van der Waals surface area contributed by atoms with Crippen LogP contribution in [0.4, 0.5) is 0 Å². The van der Waals surface area contributed by atoms with Crippen LogP contribution in [0.5, 0.6) is 0 Å². The van der Waals surface area contributed by atoms with Gasteiger partial charge in [-0.05, 0) is 13.0 Å². The summed E-state index contributed by atoms with van der Waals surface area (Å²) in [5, 5.41) is 9.27. The Kier molecular flexibility index (Phi) is 4.32. The smallest absolute Gasteiger partial charge is 0.188 e. The average Bonchev–Trinajstić information content (AvgIpc) is 2.39. The number of rotatable bonds is 4. The fraction of sp³-hybridized carbons (Fsp3) is 0.214. The normalized spacial score (nSPS) is 10.0. The van der Waals surface area contributed by atoms with Crippen LogP contribution < -0.4 is 0 Å². The van der Waals surface area contributed by atoms with Crippen molar-refractivity contribution >= 4 is 11.8 Å². The molecule has 0 amide bonds. The quantitative estimate of drug-likeness (QED) is 0.477. The third kappa shape index (κ3) is 3.31. The minimum absolute atomic E-state index is 0.517. The number of nitriles is 1. The number of aryl methyl sites for hydroxylation is 1. The molecule has 0 saturated carbocycles. The second kappa shape index (κ2) is 6.18. The van der Waals surface area contributed by atoms with Gasteiger partial charge in [0.15, 0.2) is 5.16 Å². The van der Waals surface area contributed by atoms with E-state index < -0.39 is 0 Å². The van der Waals surface area contributed by atoms with Crippen molar-refractivity contribution in [1.29, 1.82) is 5.26 Å². The molecule has 1 heterocycles. The highest BCUT2D eigenvalue weighted by Gasteiger charge is 2.04. The van der Waals surface area contributed by atoms with Crippen LogP contribution >= 0.6 is 11.8 Å². The van der Waals surface area contributed by atoms with Gasteiger partial charge in [-0.2, -0.15) is 5.26 Å².